The van der Waals surface area contributed by atoms with Crippen LogP contribution >= 0.6 is 0 Å². The summed E-state index contributed by atoms with van der Waals surface area (Å²) in [7, 11) is 0. The van der Waals surface area contributed by atoms with Crippen molar-refractivity contribution in [3.8, 4) is 0 Å². The fraction of sp³-hybridized carbons (Fsp3) is 0.412. The number of unbranched alkanes of at least 4 members (excludes halogenated alkanes) is 1. The Balaban J connectivity index is 2.20. The van der Waals surface area contributed by atoms with Crippen LogP contribution in [-0.4, -0.2) is 22.6 Å². The van der Waals surface area contributed by atoms with Crippen molar-refractivity contribution in [1.29, 1.82) is 0 Å². The summed E-state index contributed by atoms with van der Waals surface area (Å²) in [6, 6.07) is 10.4. The van der Waals surface area contributed by atoms with Crippen LogP contribution in [0.5, 0.6) is 0 Å². The summed E-state index contributed by atoms with van der Waals surface area (Å²) in [4.78, 5) is 11.2. The molecule has 0 amide bonds. The first kappa shape index (κ1) is 15.4. The lowest BCUT2D eigenvalue weighted by Gasteiger charge is -2.22. The number of aromatic nitrogens is 2. The second-order valence-corrected chi connectivity index (χ2v) is 5.41. The molecule has 1 atom stereocenters. The Morgan fingerprint density at radius 2 is 1.81 bits per heavy atom. The molecular weight excluding hydrogens is 260 g/mol. The van der Waals surface area contributed by atoms with Crippen molar-refractivity contribution in [3.63, 3.8) is 0 Å². The average Bonchev–Trinajstić information content (AvgIpc) is 2.50. The first-order valence-corrected chi connectivity index (χ1v) is 7.59. The Bertz CT molecular complexity index is 522. The van der Waals surface area contributed by atoms with Crippen molar-refractivity contribution in [2.24, 2.45) is 5.73 Å². The number of anilines is 2. The maximum atomic E-state index is 5.81. The topological polar surface area (TPSA) is 55.0 Å². The second-order valence-electron chi connectivity index (χ2n) is 5.41. The zero-order valence-corrected chi connectivity index (χ0v) is 12.9. The summed E-state index contributed by atoms with van der Waals surface area (Å²) >= 11 is 0. The zero-order chi connectivity index (χ0) is 15.1. The van der Waals surface area contributed by atoms with Gasteiger partial charge in [-0.15, -0.1) is 0 Å². The molecule has 0 aliphatic rings. The zero-order valence-electron chi connectivity index (χ0n) is 12.9. The number of nitrogens with zero attached hydrogens (tertiary/aromatic N) is 3. The van der Waals surface area contributed by atoms with Crippen LogP contribution in [0.2, 0.25) is 0 Å². The highest BCUT2D eigenvalue weighted by molar-refractivity contribution is 5.56. The van der Waals surface area contributed by atoms with Crippen molar-refractivity contribution in [2.45, 2.75) is 39.2 Å². The Morgan fingerprint density at radius 1 is 1.14 bits per heavy atom. The molecule has 1 heterocycles. The number of nitrogens with two attached hydrogens (primary N) is 1. The highest BCUT2D eigenvalue weighted by Crippen LogP contribution is 2.22. The summed E-state index contributed by atoms with van der Waals surface area (Å²) in [5, 5.41) is 0. The molecule has 0 bridgehead atoms. The molecule has 0 aliphatic heterocycles. The van der Waals surface area contributed by atoms with E-state index in [2.05, 4.69) is 33.9 Å². The van der Waals surface area contributed by atoms with E-state index in [1.807, 2.05) is 37.5 Å². The van der Waals surface area contributed by atoms with Gasteiger partial charge in [-0.05, 0) is 37.5 Å². The standard InChI is InChI=1S/C17H24N4/c1-3-4-10-21(16-8-6-5-7-9-16)17-19-12-15(13-20-17)11-14(2)18/h5-9,12-14H,3-4,10-11,18H2,1-2H3. The SMILES string of the molecule is CCCCN(c1ccccc1)c1ncc(CC(C)N)cn1. The molecule has 2 N–H and O–H groups in total. The summed E-state index contributed by atoms with van der Waals surface area (Å²) in [6.07, 6.45) is 6.83. The summed E-state index contributed by atoms with van der Waals surface area (Å²) < 4.78 is 0. The van der Waals surface area contributed by atoms with E-state index in [1.165, 1.54) is 0 Å². The Hall–Kier alpha value is -1.94. The third-order valence-corrected chi connectivity index (χ3v) is 3.29. The van der Waals surface area contributed by atoms with Crippen LogP contribution in [0, 0.1) is 0 Å². The van der Waals surface area contributed by atoms with E-state index < -0.39 is 0 Å². The van der Waals surface area contributed by atoms with E-state index in [4.69, 9.17) is 5.73 Å². The normalized spacial score (nSPS) is 12.1. The molecule has 1 aromatic heterocycles. The number of para-hydroxylation sites is 1. The highest BCUT2D eigenvalue weighted by Gasteiger charge is 2.11. The van der Waals surface area contributed by atoms with Crippen molar-refractivity contribution in [1.82, 2.24) is 9.97 Å². The molecule has 2 aromatic rings. The molecule has 0 spiro atoms. The lowest BCUT2D eigenvalue weighted by atomic mass is 10.1. The molecule has 112 valence electrons. The Labute approximate surface area is 127 Å². The Morgan fingerprint density at radius 3 is 2.38 bits per heavy atom. The first-order valence-electron chi connectivity index (χ1n) is 7.59. The maximum absolute atomic E-state index is 5.81. The predicted octanol–water partition coefficient (Wildman–Crippen LogP) is 3.30. The summed E-state index contributed by atoms with van der Waals surface area (Å²) in [6.45, 7) is 5.11. The second kappa shape index (κ2) is 7.74. The van der Waals surface area contributed by atoms with Gasteiger partial charge < -0.3 is 10.6 Å². The van der Waals surface area contributed by atoms with E-state index in [9.17, 15) is 0 Å². The van der Waals surface area contributed by atoms with Crippen LogP contribution in [0.25, 0.3) is 0 Å². The molecule has 21 heavy (non-hydrogen) atoms. The van der Waals surface area contributed by atoms with Gasteiger partial charge in [0.05, 0.1) is 0 Å². The van der Waals surface area contributed by atoms with Gasteiger partial charge in [-0.1, -0.05) is 31.5 Å². The number of rotatable bonds is 7. The minimum absolute atomic E-state index is 0.129. The molecule has 1 unspecified atom stereocenters. The third kappa shape index (κ3) is 4.53. The fourth-order valence-corrected chi connectivity index (χ4v) is 2.23. The molecule has 0 radical (unpaired) electrons. The third-order valence-electron chi connectivity index (χ3n) is 3.29. The summed E-state index contributed by atoms with van der Waals surface area (Å²) in [5.74, 6) is 0.753. The molecule has 0 fully saturated rings. The minimum Gasteiger partial charge on any atom is -0.328 e. The molecule has 0 saturated heterocycles. The molecular formula is C17H24N4. The van der Waals surface area contributed by atoms with Gasteiger partial charge in [0.15, 0.2) is 0 Å². The van der Waals surface area contributed by atoms with E-state index in [0.29, 0.717) is 0 Å². The number of benzene rings is 1. The number of hydrogen-bond donors (Lipinski definition) is 1. The van der Waals surface area contributed by atoms with Crippen LogP contribution in [0.4, 0.5) is 11.6 Å². The highest BCUT2D eigenvalue weighted by atomic mass is 15.2. The van der Waals surface area contributed by atoms with Gasteiger partial charge in [0, 0.05) is 30.7 Å². The minimum atomic E-state index is 0.129. The molecule has 4 heteroatoms. The van der Waals surface area contributed by atoms with Gasteiger partial charge in [0.25, 0.3) is 0 Å². The number of hydrogen-bond acceptors (Lipinski definition) is 4. The van der Waals surface area contributed by atoms with Gasteiger partial charge in [0.1, 0.15) is 0 Å². The van der Waals surface area contributed by atoms with Crippen LogP contribution in [0.15, 0.2) is 42.7 Å². The Kier molecular flexibility index (Phi) is 5.69. The van der Waals surface area contributed by atoms with Crippen molar-refractivity contribution < 1.29 is 0 Å². The molecule has 0 saturated carbocycles. The van der Waals surface area contributed by atoms with E-state index in [-0.39, 0.29) is 6.04 Å². The first-order chi connectivity index (χ1) is 10.2. The van der Waals surface area contributed by atoms with Gasteiger partial charge in [-0.2, -0.15) is 0 Å². The molecule has 4 nitrogen and oxygen atoms in total. The van der Waals surface area contributed by atoms with Crippen molar-refractivity contribution in [3.05, 3.63) is 48.3 Å². The van der Waals surface area contributed by atoms with Crippen LogP contribution in [0.1, 0.15) is 32.3 Å². The molecule has 0 aliphatic carbocycles. The molecule has 1 aromatic carbocycles. The van der Waals surface area contributed by atoms with E-state index in [1.54, 1.807) is 0 Å². The molecule has 2 rings (SSSR count). The lowest BCUT2D eigenvalue weighted by Crippen LogP contribution is -2.21. The van der Waals surface area contributed by atoms with Crippen molar-refractivity contribution >= 4 is 11.6 Å². The van der Waals surface area contributed by atoms with Crippen molar-refractivity contribution in [2.75, 3.05) is 11.4 Å². The lowest BCUT2D eigenvalue weighted by molar-refractivity contribution is 0.728. The largest absolute Gasteiger partial charge is 0.328 e. The van der Waals surface area contributed by atoms with Crippen LogP contribution < -0.4 is 10.6 Å². The average molecular weight is 284 g/mol. The predicted molar refractivity (Wildman–Crippen MR) is 87.7 cm³/mol. The van der Waals surface area contributed by atoms with Gasteiger partial charge in [-0.3, -0.25) is 0 Å². The fourth-order valence-electron chi connectivity index (χ4n) is 2.23. The smallest absolute Gasteiger partial charge is 0.229 e. The van der Waals surface area contributed by atoms with E-state index >= 15 is 0 Å². The van der Waals surface area contributed by atoms with Crippen LogP contribution in [-0.2, 0) is 6.42 Å². The van der Waals surface area contributed by atoms with Gasteiger partial charge in [0.2, 0.25) is 5.95 Å². The maximum Gasteiger partial charge on any atom is 0.229 e. The van der Waals surface area contributed by atoms with Gasteiger partial charge in [-0.25, -0.2) is 9.97 Å². The van der Waals surface area contributed by atoms with E-state index in [0.717, 1.165) is 43.0 Å². The monoisotopic (exact) mass is 284 g/mol. The van der Waals surface area contributed by atoms with Gasteiger partial charge >= 0.3 is 0 Å². The van der Waals surface area contributed by atoms with Crippen LogP contribution in [0.3, 0.4) is 0 Å². The quantitative estimate of drug-likeness (QED) is 0.847. The summed E-state index contributed by atoms with van der Waals surface area (Å²) in [5.41, 5.74) is 8.02.